The minimum absolute atomic E-state index is 0.198. The van der Waals surface area contributed by atoms with E-state index in [9.17, 15) is 18.7 Å². The van der Waals surface area contributed by atoms with Crippen LogP contribution in [0.2, 0.25) is 0 Å². The van der Waals surface area contributed by atoms with Crippen LogP contribution in [-0.4, -0.2) is 36.8 Å². The van der Waals surface area contributed by atoms with Crippen LogP contribution in [0.3, 0.4) is 0 Å². The summed E-state index contributed by atoms with van der Waals surface area (Å²) in [6.45, 7) is 4.56. The van der Waals surface area contributed by atoms with Gasteiger partial charge in [-0.25, -0.2) is 13.8 Å². The molecule has 0 aliphatic carbocycles. The molecule has 0 aliphatic heterocycles. The first-order valence-electron chi connectivity index (χ1n) is 10.6. The van der Waals surface area contributed by atoms with E-state index in [-0.39, 0.29) is 30.2 Å². The third-order valence-electron chi connectivity index (χ3n) is 5.97. The molecule has 178 valence electrons. The summed E-state index contributed by atoms with van der Waals surface area (Å²) in [5, 5.41) is 17.2. The van der Waals surface area contributed by atoms with E-state index in [0.717, 1.165) is 17.8 Å². The molecule has 4 rings (SSSR count). The zero-order chi connectivity index (χ0) is 24.6. The number of hydrogen-bond acceptors (Lipinski definition) is 5. The number of nitrogens with one attached hydrogen (secondary N) is 1. The number of pyridine rings is 1. The molecule has 8 nitrogen and oxygen atoms in total. The van der Waals surface area contributed by atoms with Gasteiger partial charge in [0.15, 0.2) is 11.4 Å². The summed E-state index contributed by atoms with van der Waals surface area (Å²) >= 11 is 0. The quantitative estimate of drug-likeness (QED) is 0.434. The smallest absolute Gasteiger partial charge is 0.270 e. The van der Waals surface area contributed by atoms with Crippen LogP contribution in [0.15, 0.2) is 42.7 Å². The first-order chi connectivity index (χ1) is 16.2. The Bertz CT molecular complexity index is 1360. The van der Waals surface area contributed by atoms with Gasteiger partial charge in [-0.2, -0.15) is 5.10 Å². The molecular formula is C24H25F2N5O3. The number of carbonyl (C=O) groups excluding carboxylic acids is 1. The molecule has 1 atom stereocenters. The fourth-order valence-electron chi connectivity index (χ4n) is 3.90. The van der Waals surface area contributed by atoms with Gasteiger partial charge in [0.2, 0.25) is 0 Å². The maximum atomic E-state index is 14.0. The van der Waals surface area contributed by atoms with Crippen molar-refractivity contribution >= 4 is 11.6 Å². The minimum atomic E-state index is -1.08. The molecule has 1 unspecified atom stereocenters. The molecule has 0 aliphatic rings. The lowest BCUT2D eigenvalue weighted by Crippen LogP contribution is -2.47. The van der Waals surface area contributed by atoms with Crippen LogP contribution in [0.4, 0.5) is 8.78 Å². The number of hydrogen-bond donors (Lipinski definition) is 2. The predicted octanol–water partition coefficient (Wildman–Crippen LogP) is 3.18. The number of aliphatic hydroxyl groups excluding tert-OH is 1. The van der Waals surface area contributed by atoms with E-state index in [2.05, 4.69) is 15.4 Å². The van der Waals surface area contributed by atoms with Crippen molar-refractivity contribution in [2.24, 2.45) is 7.05 Å². The maximum absolute atomic E-state index is 14.0. The summed E-state index contributed by atoms with van der Waals surface area (Å²) in [5.74, 6) is -1.61. The van der Waals surface area contributed by atoms with Gasteiger partial charge in [0.1, 0.15) is 23.9 Å². The summed E-state index contributed by atoms with van der Waals surface area (Å²) in [5.41, 5.74) is 1.22. The molecule has 0 bridgehead atoms. The van der Waals surface area contributed by atoms with Gasteiger partial charge in [-0.05, 0) is 45.0 Å². The molecule has 34 heavy (non-hydrogen) atoms. The van der Waals surface area contributed by atoms with Gasteiger partial charge < -0.3 is 15.2 Å². The Morgan fingerprint density at radius 2 is 1.91 bits per heavy atom. The lowest BCUT2D eigenvalue weighted by Gasteiger charge is -2.28. The van der Waals surface area contributed by atoms with Crippen molar-refractivity contribution in [3.8, 4) is 5.75 Å². The van der Waals surface area contributed by atoms with Crippen LogP contribution >= 0.6 is 0 Å². The standard InChI is InChI=1S/C24H25F2N5O3/c1-14-21(23(33)29-24(3,13-32)17-11-27-30(4)15(17)2)31-10-6-9-20(22(31)28-14)34-12-16-18(25)7-5-8-19(16)26/h5-11,32H,12-13H2,1-4H3,(H,29,33). The minimum Gasteiger partial charge on any atom is -0.485 e. The number of aliphatic hydroxyl groups is 1. The molecule has 3 heterocycles. The molecule has 0 saturated heterocycles. The second-order valence-corrected chi connectivity index (χ2v) is 8.31. The number of halogens is 2. The lowest BCUT2D eigenvalue weighted by molar-refractivity contribution is 0.0842. The van der Waals surface area contributed by atoms with Gasteiger partial charge in [0.25, 0.3) is 5.91 Å². The van der Waals surface area contributed by atoms with Gasteiger partial charge in [0, 0.05) is 24.5 Å². The Balaban J connectivity index is 1.65. The Labute approximate surface area is 194 Å². The van der Waals surface area contributed by atoms with E-state index < -0.39 is 23.1 Å². The van der Waals surface area contributed by atoms with Gasteiger partial charge in [-0.15, -0.1) is 0 Å². The predicted molar refractivity (Wildman–Crippen MR) is 120 cm³/mol. The molecule has 1 aromatic carbocycles. The number of rotatable bonds is 7. The van der Waals surface area contributed by atoms with Crippen LogP contribution in [0, 0.1) is 25.5 Å². The highest BCUT2D eigenvalue weighted by Gasteiger charge is 2.33. The van der Waals surface area contributed by atoms with Crippen LogP contribution < -0.4 is 10.1 Å². The third kappa shape index (κ3) is 4.01. The summed E-state index contributed by atoms with van der Waals surface area (Å²) in [4.78, 5) is 17.8. The van der Waals surface area contributed by atoms with Gasteiger partial charge in [0.05, 0.1) is 29.6 Å². The lowest BCUT2D eigenvalue weighted by atomic mass is 9.93. The van der Waals surface area contributed by atoms with Crippen LogP contribution in [0.5, 0.6) is 5.75 Å². The summed E-state index contributed by atoms with van der Waals surface area (Å²) in [7, 11) is 1.78. The first kappa shape index (κ1) is 23.4. The van der Waals surface area contributed by atoms with Crippen molar-refractivity contribution in [1.82, 2.24) is 24.5 Å². The fraction of sp³-hybridized carbons (Fsp3) is 0.292. The van der Waals surface area contributed by atoms with Crippen molar-refractivity contribution in [3.05, 3.63) is 82.6 Å². The van der Waals surface area contributed by atoms with E-state index in [4.69, 9.17) is 4.74 Å². The SMILES string of the molecule is Cc1nc2c(OCc3c(F)cccc3F)cccn2c1C(=O)NC(C)(CO)c1cnn(C)c1C. The Hall–Kier alpha value is -3.79. The molecule has 1 amide bonds. The highest BCUT2D eigenvalue weighted by molar-refractivity contribution is 5.95. The van der Waals surface area contributed by atoms with Crippen molar-refractivity contribution in [2.75, 3.05) is 6.61 Å². The highest BCUT2D eigenvalue weighted by Crippen LogP contribution is 2.27. The number of imidazole rings is 1. The monoisotopic (exact) mass is 469 g/mol. The van der Waals surface area contributed by atoms with E-state index in [0.29, 0.717) is 16.9 Å². The number of aromatic nitrogens is 4. The fourth-order valence-corrected chi connectivity index (χ4v) is 3.90. The van der Waals surface area contributed by atoms with Crippen molar-refractivity contribution < 1.29 is 23.4 Å². The highest BCUT2D eigenvalue weighted by atomic mass is 19.1. The van der Waals surface area contributed by atoms with Crippen molar-refractivity contribution in [2.45, 2.75) is 32.9 Å². The van der Waals surface area contributed by atoms with E-state index in [1.54, 1.807) is 54.5 Å². The summed E-state index contributed by atoms with van der Waals surface area (Å²) in [6.07, 6.45) is 3.26. The Kier molecular flexibility index (Phi) is 6.09. The van der Waals surface area contributed by atoms with Gasteiger partial charge >= 0.3 is 0 Å². The second kappa shape index (κ2) is 8.86. The number of amides is 1. The maximum Gasteiger partial charge on any atom is 0.270 e. The Morgan fingerprint density at radius 3 is 2.53 bits per heavy atom. The molecule has 2 N–H and O–H groups in total. The molecular weight excluding hydrogens is 444 g/mol. The number of fused-ring (bicyclic) bond motifs is 1. The second-order valence-electron chi connectivity index (χ2n) is 8.31. The van der Waals surface area contributed by atoms with E-state index >= 15 is 0 Å². The van der Waals surface area contributed by atoms with Crippen LogP contribution in [0.25, 0.3) is 5.65 Å². The van der Waals surface area contributed by atoms with Crippen molar-refractivity contribution in [3.63, 3.8) is 0 Å². The van der Waals surface area contributed by atoms with E-state index in [1.165, 1.54) is 6.07 Å². The van der Waals surface area contributed by atoms with Crippen LogP contribution in [-0.2, 0) is 19.2 Å². The first-order valence-corrected chi connectivity index (χ1v) is 10.6. The van der Waals surface area contributed by atoms with Gasteiger partial charge in [-0.3, -0.25) is 13.9 Å². The largest absolute Gasteiger partial charge is 0.485 e. The zero-order valence-corrected chi connectivity index (χ0v) is 19.3. The van der Waals surface area contributed by atoms with Crippen molar-refractivity contribution in [1.29, 1.82) is 0 Å². The zero-order valence-electron chi connectivity index (χ0n) is 19.3. The number of carbonyl (C=O) groups is 1. The topological polar surface area (TPSA) is 93.7 Å². The van der Waals surface area contributed by atoms with E-state index in [1.807, 2.05) is 6.92 Å². The normalized spacial score (nSPS) is 13.1. The molecule has 4 aromatic rings. The van der Waals surface area contributed by atoms with Gasteiger partial charge in [-0.1, -0.05) is 6.07 Å². The average Bonchev–Trinajstić information content (AvgIpc) is 3.32. The number of nitrogens with zero attached hydrogens (tertiary/aromatic N) is 4. The number of ether oxygens (including phenoxy) is 1. The molecule has 0 saturated carbocycles. The number of benzene rings is 1. The summed E-state index contributed by atoms with van der Waals surface area (Å²) < 4.78 is 36.9. The summed E-state index contributed by atoms with van der Waals surface area (Å²) in [6, 6.07) is 6.86. The molecule has 0 spiro atoms. The third-order valence-corrected chi connectivity index (χ3v) is 5.97. The Morgan fingerprint density at radius 1 is 1.21 bits per heavy atom. The van der Waals surface area contributed by atoms with Crippen LogP contribution in [0.1, 0.15) is 39.9 Å². The molecule has 3 aromatic heterocycles. The number of aryl methyl sites for hydroxylation is 2. The molecule has 0 fully saturated rings. The molecule has 0 radical (unpaired) electrons. The average molecular weight is 469 g/mol. The molecule has 10 heteroatoms.